The Morgan fingerprint density at radius 1 is 1.00 bits per heavy atom. The lowest BCUT2D eigenvalue weighted by atomic mass is 9.90. The number of hydrogen-bond acceptors (Lipinski definition) is 2. The zero-order valence-corrected chi connectivity index (χ0v) is 15.6. The first-order valence-electron chi connectivity index (χ1n) is 9.33. The number of unbranched alkanes of at least 4 members (excludes halogenated alkanes) is 1. The van der Waals surface area contributed by atoms with E-state index in [2.05, 4.69) is 6.92 Å². The van der Waals surface area contributed by atoms with Gasteiger partial charge in [0.1, 0.15) is 28.8 Å². The number of benzene rings is 2. The monoisotopic (exact) mass is 386 g/mol. The minimum absolute atomic E-state index is 0.00834. The standard InChI is InChI=1S/C23H21F3O2/c1-2-3-4-15-5-7-16(8-6-15)17-13-20(25)22(21(26)14-17)23(27)28-19-11-9-18(24)10-12-19/h5,7,9-14H,2-4,6,8H2,1H3. The van der Waals surface area contributed by atoms with E-state index in [-0.39, 0.29) is 5.75 Å². The van der Waals surface area contributed by atoms with E-state index in [4.69, 9.17) is 4.74 Å². The maximum atomic E-state index is 14.5. The van der Waals surface area contributed by atoms with Crippen LogP contribution in [0.5, 0.6) is 5.75 Å². The number of esters is 1. The van der Waals surface area contributed by atoms with Gasteiger partial charge in [-0.15, -0.1) is 0 Å². The first-order valence-corrected chi connectivity index (χ1v) is 9.33. The normalized spacial score (nSPS) is 13.7. The first-order chi connectivity index (χ1) is 13.5. The van der Waals surface area contributed by atoms with Gasteiger partial charge in [0.25, 0.3) is 0 Å². The van der Waals surface area contributed by atoms with Crippen molar-refractivity contribution in [2.24, 2.45) is 0 Å². The van der Waals surface area contributed by atoms with Gasteiger partial charge >= 0.3 is 5.97 Å². The fourth-order valence-corrected chi connectivity index (χ4v) is 3.15. The van der Waals surface area contributed by atoms with Gasteiger partial charge in [0.2, 0.25) is 0 Å². The molecule has 0 N–H and O–H groups in total. The summed E-state index contributed by atoms with van der Waals surface area (Å²) in [4.78, 5) is 12.2. The molecule has 0 atom stereocenters. The average molecular weight is 386 g/mol. The lowest BCUT2D eigenvalue weighted by molar-refractivity contribution is 0.0724. The highest BCUT2D eigenvalue weighted by molar-refractivity contribution is 5.92. The molecule has 1 aliphatic carbocycles. The molecule has 0 radical (unpaired) electrons. The Morgan fingerprint density at radius 3 is 2.25 bits per heavy atom. The van der Waals surface area contributed by atoms with Crippen molar-refractivity contribution in [1.29, 1.82) is 0 Å². The van der Waals surface area contributed by atoms with Gasteiger partial charge in [-0.25, -0.2) is 18.0 Å². The summed E-state index contributed by atoms with van der Waals surface area (Å²) in [5.74, 6) is -3.62. The predicted molar refractivity (Wildman–Crippen MR) is 103 cm³/mol. The molecule has 5 heteroatoms. The molecule has 3 rings (SSSR count). The van der Waals surface area contributed by atoms with Crippen molar-refractivity contribution in [2.45, 2.75) is 39.0 Å². The molecule has 0 aromatic heterocycles. The van der Waals surface area contributed by atoms with Crippen molar-refractivity contribution in [2.75, 3.05) is 0 Å². The highest BCUT2D eigenvalue weighted by Gasteiger charge is 2.22. The molecular weight excluding hydrogens is 365 g/mol. The van der Waals surface area contributed by atoms with Crippen LogP contribution in [-0.2, 0) is 0 Å². The lowest BCUT2D eigenvalue weighted by Gasteiger charge is -2.16. The molecule has 0 aliphatic heterocycles. The van der Waals surface area contributed by atoms with Crippen molar-refractivity contribution in [3.05, 3.63) is 82.7 Å². The fraction of sp³-hybridized carbons (Fsp3) is 0.261. The number of hydrogen-bond donors (Lipinski definition) is 0. The maximum absolute atomic E-state index is 14.5. The van der Waals surface area contributed by atoms with Crippen LogP contribution in [0, 0.1) is 17.5 Å². The van der Waals surface area contributed by atoms with Gasteiger partial charge in [-0.1, -0.05) is 31.1 Å². The van der Waals surface area contributed by atoms with Crippen LogP contribution in [-0.4, -0.2) is 5.97 Å². The molecular formula is C23H21F3O2. The van der Waals surface area contributed by atoms with Gasteiger partial charge in [-0.2, -0.15) is 0 Å². The predicted octanol–water partition coefficient (Wildman–Crippen LogP) is 6.62. The van der Waals surface area contributed by atoms with Crippen LogP contribution in [0.4, 0.5) is 13.2 Å². The number of carbonyl (C=O) groups excluding carboxylic acids is 1. The Bertz CT molecular complexity index is 904. The molecule has 0 spiro atoms. The van der Waals surface area contributed by atoms with Crippen LogP contribution in [0.2, 0.25) is 0 Å². The number of carbonyl (C=O) groups is 1. The van der Waals surface area contributed by atoms with Crippen molar-refractivity contribution >= 4 is 11.5 Å². The van der Waals surface area contributed by atoms with E-state index in [1.807, 2.05) is 12.2 Å². The van der Waals surface area contributed by atoms with E-state index >= 15 is 0 Å². The summed E-state index contributed by atoms with van der Waals surface area (Å²) in [5, 5.41) is 0. The molecule has 146 valence electrons. The second-order valence-corrected chi connectivity index (χ2v) is 6.78. The Morgan fingerprint density at radius 2 is 1.68 bits per heavy atom. The highest BCUT2D eigenvalue weighted by atomic mass is 19.1. The molecule has 2 aromatic rings. The quantitative estimate of drug-likeness (QED) is 0.412. The summed E-state index contributed by atoms with van der Waals surface area (Å²) in [6.07, 6.45) is 8.76. The van der Waals surface area contributed by atoms with Crippen LogP contribution in [0.3, 0.4) is 0 Å². The Hall–Kier alpha value is -2.82. The summed E-state index contributed by atoms with van der Waals surface area (Å²) in [6.45, 7) is 2.14. The minimum Gasteiger partial charge on any atom is -0.423 e. The number of rotatable bonds is 6. The van der Waals surface area contributed by atoms with E-state index in [0.29, 0.717) is 12.0 Å². The zero-order chi connectivity index (χ0) is 20.1. The molecule has 0 amide bonds. The summed E-state index contributed by atoms with van der Waals surface area (Å²) in [7, 11) is 0. The summed E-state index contributed by atoms with van der Waals surface area (Å²) < 4.78 is 46.8. The smallest absolute Gasteiger partial charge is 0.349 e. The van der Waals surface area contributed by atoms with Crippen molar-refractivity contribution in [1.82, 2.24) is 0 Å². The Labute approximate surface area is 162 Å². The first kappa shape index (κ1) is 19.9. The molecule has 2 nitrogen and oxygen atoms in total. The lowest BCUT2D eigenvalue weighted by Crippen LogP contribution is -2.14. The molecule has 0 saturated carbocycles. The largest absolute Gasteiger partial charge is 0.423 e. The van der Waals surface area contributed by atoms with Crippen LogP contribution in [0.15, 0.2) is 54.1 Å². The molecule has 2 aromatic carbocycles. The van der Waals surface area contributed by atoms with Gasteiger partial charge < -0.3 is 4.74 Å². The molecule has 0 bridgehead atoms. The maximum Gasteiger partial charge on any atom is 0.349 e. The fourth-order valence-electron chi connectivity index (χ4n) is 3.15. The molecule has 1 aliphatic rings. The summed E-state index contributed by atoms with van der Waals surface area (Å²) in [6, 6.07) is 6.92. The van der Waals surface area contributed by atoms with Gasteiger partial charge in [0.15, 0.2) is 0 Å². The number of allylic oxidation sites excluding steroid dienone is 4. The summed E-state index contributed by atoms with van der Waals surface area (Å²) in [5.41, 5.74) is 1.82. The van der Waals surface area contributed by atoms with E-state index < -0.39 is 29.0 Å². The van der Waals surface area contributed by atoms with Crippen LogP contribution in [0.25, 0.3) is 5.57 Å². The highest BCUT2D eigenvalue weighted by Crippen LogP contribution is 2.31. The SMILES string of the molecule is CCCCC1=CC=C(c2cc(F)c(C(=O)Oc3ccc(F)cc3)c(F)c2)CC1. The van der Waals surface area contributed by atoms with E-state index in [0.717, 1.165) is 55.5 Å². The molecule has 0 fully saturated rings. The van der Waals surface area contributed by atoms with E-state index in [1.54, 1.807) is 0 Å². The van der Waals surface area contributed by atoms with E-state index in [9.17, 15) is 18.0 Å². The number of halogens is 3. The van der Waals surface area contributed by atoms with Gasteiger partial charge in [-0.05, 0) is 73.2 Å². The van der Waals surface area contributed by atoms with Crippen LogP contribution in [0.1, 0.15) is 54.9 Å². The third-order valence-corrected chi connectivity index (χ3v) is 4.73. The minimum atomic E-state index is -1.16. The molecule has 0 saturated heterocycles. The molecule has 0 unspecified atom stereocenters. The Balaban J connectivity index is 1.79. The van der Waals surface area contributed by atoms with Gasteiger partial charge in [0, 0.05) is 0 Å². The van der Waals surface area contributed by atoms with Gasteiger partial charge in [-0.3, -0.25) is 0 Å². The van der Waals surface area contributed by atoms with Crippen LogP contribution >= 0.6 is 0 Å². The van der Waals surface area contributed by atoms with E-state index in [1.165, 1.54) is 17.7 Å². The second kappa shape index (κ2) is 8.91. The van der Waals surface area contributed by atoms with Crippen molar-refractivity contribution in [3.8, 4) is 5.75 Å². The second-order valence-electron chi connectivity index (χ2n) is 6.78. The number of ether oxygens (including phenoxy) is 1. The zero-order valence-electron chi connectivity index (χ0n) is 15.6. The van der Waals surface area contributed by atoms with Crippen LogP contribution < -0.4 is 4.74 Å². The topological polar surface area (TPSA) is 26.3 Å². The average Bonchev–Trinajstić information content (AvgIpc) is 2.68. The van der Waals surface area contributed by atoms with Crippen molar-refractivity contribution in [3.63, 3.8) is 0 Å². The summed E-state index contributed by atoms with van der Waals surface area (Å²) >= 11 is 0. The van der Waals surface area contributed by atoms with Crippen molar-refractivity contribution < 1.29 is 22.7 Å². The third-order valence-electron chi connectivity index (χ3n) is 4.73. The molecule has 28 heavy (non-hydrogen) atoms. The third kappa shape index (κ3) is 4.71. The Kier molecular flexibility index (Phi) is 6.34. The van der Waals surface area contributed by atoms with Gasteiger partial charge in [0.05, 0.1) is 0 Å². The molecule has 0 heterocycles.